The molecule has 0 aliphatic rings. The molecule has 0 bridgehead atoms. The van der Waals surface area contributed by atoms with E-state index in [9.17, 15) is 4.79 Å². The molecule has 5 nitrogen and oxygen atoms in total. The van der Waals surface area contributed by atoms with Crippen LogP contribution in [-0.4, -0.2) is 50.8 Å². The third kappa shape index (κ3) is 6.70. The fourth-order valence-electron chi connectivity index (χ4n) is 2.57. The molecule has 0 radical (unpaired) electrons. The fourth-order valence-corrected chi connectivity index (χ4v) is 2.57. The first-order chi connectivity index (χ1) is 12.8. The molecule has 1 amide bonds. The van der Waals surface area contributed by atoms with Crippen molar-refractivity contribution in [3.8, 4) is 16.9 Å². The van der Waals surface area contributed by atoms with Crippen LogP contribution in [0.15, 0.2) is 48.5 Å². The highest BCUT2D eigenvalue weighted by Gasteiger charge is 2.17. The highest BCUT2D eigenvalue weighted by atomic mass is 16.5. The highest BCUT2D eigenvalue weighted by molar-refractivity contribution is 5.77. The topological polar surface area (TPSA) is 50.8 Å². The van der Waals surface area contributed by atoms with Gasteiger partial charge in [0.2, 0.25) is 0 Å². The first-order valence-electron chi connectivity index (χ1n) is 9.08. The zero-order valence-corrected chi connectivity index (χ0v) is 16.9. The molecule has 0 aliphatic carbocycles. The van der Waals surface area contributed by atoms with Crippen molar-refractivity contribution in [3.05, 3.63) is 54.1 Å². The van der Waals surface area contributed by atoms with Crippen LogP contribution >= 0.6 is 0 Å². The van der Waals surface area contributed by atoms with Gasteiger partial charge in [-0.2, -0.15) is 0 Å². The van der Waals surface area contributed by atoms with E-state index in [4.69, 9.17) is 9.47 Å². The van der Waals surface area contributed by atoms with Crippen LogP contribution < -0.4 is 10.1 Å². The molecule has 0 fully saturated rings. The van der Waals surface area contributed by atoms with Gasteiger partial charge in [-0.1, -0.05) is 36.4 Å². The lowest BCUT2D eigenvalue weighted by Gasteiger charge is -2.23. The summed E-state index contributed by atoms with van der Waals surface area (Å²) in [5.74, 6) is 0.563. The zero-order chi connectivity index (χ0) is 19.9. The van der Waals surface area contributed by atoms with Crippen molar-refractivity contribution in [2.75, 3.05) is 34.4 Å². The third-order valence-electron chi connectivity index (χ3n) is 4.28. The lowest BCUT2D eigenvalue weighted by molar-refractivity contribution is -0.124. The molecule has 0 saturated heterocycles. The Hall–Kier alpha value is -2.37. The van der Waals surface area contributed by atoms with Gasteiger partial charge in [-0.15, -0.1) is 0 Å². The third-order valence-corrected chi connectivity index (χ3v) is 4.28. The van der Waals surface area contributed by atoms with Crippen LogP contribution in [0, 0.1) is 0 Å². The van der Waals surface area contributed by atoms with Crippen LogP contribution in [0.2, 0.25) is 0 Å². The normalized spacial score (nSPS) is 11.5. The van der Waals surface area contributed by atoms with Crippen molar-refractivity contribution < 1.29 is 14.3 Å². The van der Waals surface area contributed by atoms with E-state index >= 15 is 0 Å². The molecule has 146 valence electrons. The predicted octanol–water partition coefficient (Wildman–Crippen LogP) is 3.34. The minimum absolute atomic E-state index is 0.0229. The summed E-state index contributed by atoms with van der Waals surface area (Å²) in [7, 11) is 5.65. The molecule has 2 aromatic rings. The minimum atomic E-state index is -0.400. The van der Waals surface area contributed by atoms with E-state index in [2.05, 4.69) is 28.4 Å². The van der Waals surface area contributed by atoms with Gasteiger partial charge in [0.25, 0.3) is 5.91 Å². The van der Waals surface area contributed by atoms with Gasteiger partial charge in [-0.25, -0.2) is 0 Å². The number of rotatable bonds is 9. The molecule has 5 heteroatoms. The smallest absolute Gasteiger partial charge is 0.258 e. The van der Waals surface area contributed by atoms with Crippen LogP contribution in [0.3, 0.4) is 0 Å². The second-order valence-electron chi connectivity index (χ2n) is 7.46. The second-order valence-corrected chi connectivity index (χ2v) is 7.46. The quantitative estimate of drug-likeness (QED) is 0.736. The number of ether oxygens (including phenoxy) is 2. The van der Waals surface area contributed by atoms with Crippen LogP contribution in [0.5, 0.6) is 5.75 Å². The molecule has 0 aromatic heterocycles. The number of nitrogens with one attached hydrogen (secondary N) is 1. The van der Waals surface area contributed by atoms with Gasteiger partial charge in [0.05, 0.1) is 5.60 Å². The Morgan fingerprint density at radius 2 is 1.78 bits per heavy atom. The summed E-state index contributed by atoms with van der Waals surface area (Å²) in [6.45, 7) is 4.99. The monoisotopic (exact) mass is 370 g/mol. The van der Waals surface area contributed by atoms with E-state index in [1.165, 1.54) is 0 Å². The molecule has 0 saturated carbocycles. The predicted molar refractivity (Wildman–Crippen MR) is 109 cm³/mol. The van der Waals surface area contributed by atoms with Gasteiger partial charge in [0, 0.05) is 25.8 Å². The van der Waals surface area contributed by atoms with E-state index < -0.39 is 5.60 Å². The molecule has 0 atom stereocenters. The Morgan fingerprint density at radius 3 is 2.41 bits per heavy atom. The average Bonchev–Trinajstić information content (AvgIpc) is 2.65. The first-order valence-corrected chi connectivity index (χ1v) is 9.08. The van der Waals surface area contributed by atoms with Gasteiger partial charge in [-0.3, -0.25) is 4.79 Å². The summed E-state index contributed by atoms with van der Waals surface area (Å²) in [6, 6.07) is 16.3. The lowest BCUT2D eigenvalue weighted by Crippen LogP contribution is -2.41. The summed E-state index contributed by atoms with van der Waals surface area (Å²) in [5.41, 5.74) is 2.93. The number of benzene rings is 2. The van der Waals surface area contributed by atoms with Crippen molar-refractivity contribution >= 4 is 5.91 Å². The molecule has 0 unspecified atom stereocenters. The second kappa shape index (κ2) is 9.53. The number of hydrogen-bond donors (Lipinski definition) is 1. The van der Waals surface area contributed by atoms with Gasteiger partial charge in [0.1, 0.15) is 5.75 Å². The summed E-state index contributed by atoms with van der Waals surface area (Å²) in [6.07, 6.45) is 0. The molecule has 27 heavy (non-hydrogen) atoms. The molecule has 0 heterocycles. The Morgan fingerprint density at radius 1 is 1.07 bits per heavy atom. The van der Waals surface area contributed by atoms with E-state index in [1.54, 1.807) is 7.11 Å². The van der Waals surface area contributed by atoms with Crippen molar-refractivity contribution in [2.45, 2.75) is 26.0 Å². The van der Waals surface area contributed by atoms with Gasteiger partial charge in [0.15, 0.2) is 6.61 Å². The number of hydrogen-bond acceptors (Lipinski definition) is 4. The molecule has 2 rings (SSSR count). The van der Waals surface area contributed by atoms with Gasteiger partial charge >= 0.3 is 0 Å². The van der Waals surface area contributed by atoms with Crippen LogP contribution in [0.25, 0.3) is 11.1 Å². The number of amides is 1. The Balaban J connectivity index is 2.08. The summed E-state index contributed by atoms with van der Waals surface area (Å²) < 4.78 is 11.1. The molecule has 0 spiro atoms. The molecular weight excluding hydrogens is 340 g/mol. The first kappa shape index (κ1) is 20.9. The van der Waals surface area contributed by atoms with Crippen LogP contribution in [0.4, 0.5) is 0 Å². The number of nitrogens with zero attached hydrogens (tertiary/aromatic N) is 1. The SMILES string of the molecule is COC(C)(C)CNC(=O)COc1ccc(-c2ccccc2)cc1CN(C)C. The van der Waals surface area contributed by atoms with E-state index in [1.807, 2.05) is 58.3 Å². The summed E-state index contributed by atoms with van der Waals surface area (Å²) >= 11 is 0. The van der Waals surface area contributed by atoms with Gasteiger partial charge in [-0.05, 0) is 51.2 Å². The lowest BCUT2D eigenvalue weighted by atomic mass is 10.0. The van der Waals surface area contributed by atoms with Crippen LogP contribution in [-0.2, 0) is 16.1 Å². The van der Waals surface area contributed by atoms with E-state index in [0.29, 0.717) is 6.54 Å². The maximum Gasteiger partial charge on any atom is 0.258 e. The molecule has 2 aromatic carbocycles. The summed E-state index contributed by atoms with van der Waals surface area (Å²) in [5, 5.41) is 2.84. The molecular formula is C22H30N2O3. The van der Waals surface area contributed by atoms with Crippen molar-refractivity contribution in [1.29, 1.82) is 0 Å². The minimum Gasteiger partial charge on any atom is -0.483 e. The van der Waals surface area contributed by atoms with Crippen molar-refractivity contribution in [1.82, 2.24) is 10.2 Å². The average molecular weight is 370 g/mol. The van der Waals surface area contributed by atoms with Crippen molar-refractivity contribution in [2.24, 2.45) is 0 Å². The Bertz CT molecular complexity index is 742. The zero-order valence-electron chi connectivity index (χ0n) is 16.9. The van der Waals surface area contributed by atoms with E-state index in [-0.39, 0.29) is 12.5 Å². The summed E-state index contributed by atoms with van der Waals surface area (Å²) in [4.78, 5) is 14.2. The number of carbonyl (C=O) groups excluding carboxylic acids is 1. The number of methoxy groups -OCH3 is 1. The van der Waals surface area contributed by atoms with E-state index in [0.717, 1.165) is 29.0 Å². The highest BCUT2D eigenvalue weighted by Crippen LogP contribution is 2.27. The Kier molecular flexibility index (Phi) is 7.39. The molecule has 1 N–H and O–H groups in total. The maximum absolute atomic E-state index is 12.1. The Labute approximate surface area is 162 Å². The van der Waals surface area contributed by atoms with Crippen molar-refractivity contribution in [3.63, 3.8) is 0 Å². The number of carbonyl (C=O) groups is 1. The fraction of sp³-hybridized carbons (Fsp3) is 0.409. The van der Waals surface area contributed by atoms with Gasteiger partial charge < -0.3 is 19.7 Å². The van der Waals surface area contributed by atoms with Crippen LogP contribution in [0.1, 0.15) is 19.4 Å². The molecule has 0 aliphatic heterocycles. The largest absolute Gasteiger partial charge is 0.483 e. The standard InChI is InChI=1S/C22H30N2O3/c1-22(2,26-5)16-23-21(25)15-27-20-12-11-18(13-19(20)14-24(3)4)17-9-7-6-8-10-17/h6-13H,14-16H2,1-5H3,(H,23,25). The maximum atomic E-state index is 12.1.